The summed E-state index contributed by atoms with van der Waals surface area (Å²) in [5, 5.41) is 0. The number of sulfonamides is 1. The first-order valence-corrected chi connectivity index (χ1v) is 12.0. The topological polar surface area (TPSA) is 79.4 Å². The number of hydrogen-bond donors (Lipinski definition) is 0. The van der Waals surface area contributed by atoms with Crippen LogP contribution in [0.5, 0.6) is 5.75 Å². The molecule has 0 spiro atoms. The van der Waals surface area contributed by atoms with Crippen LogP contribution in [0, 0.1) is 0 Å². The van der Waals surface area contributed by atoms with Crippen molar-refractivity contribution in [2.24, 2.45) is 0 Å². The van der Waals surface area contributed by atoms with Gasteiger partial charge in [-0.05, 0) is 30.7 Å². The van der Waals surface area contributed by atoms with E-state index in [1.807, 2.05) is 24.3 Å². The van der Waals surface area contributed by atoms with Crippen molar-refractivity contribution >= 4 is 15.8 Å². The van der Waals surface area contributed by atoms with Crippen LogP contribution in [-0.4, -0.2) is 107 Å². The van der Waals surface area contributed by atoms with Crippen LogP contribution in [0.2, 0.25) is 0 Å². The first kappa shape index (κ1) is 22.2. The van der Waals surface area contributed by atoms with Gasteiger partial charge in [-0.1, -0.05) is 0 Å². The second-order valence-electron chi connectivity index (χ2n) is 7.54. The van der Waals surface area contributed by atoms with Gasteiger partial charge in [0.25, 0.3) is 0 Å². The van der Waals surface area contributed by atoms with Crippen LogP contribution in [0.3, 0.4) is 0 Å². The van der Waals surface area contributed by atoms with E-state index in [0.717, 1.165) is 44.9 Å². The Bertz CT molecular complexity index is 755. The van der Waals surface area contributed by atoms with Crippen LogP contribution in [0.15, 0.2) is 24.3 Å². The van der Waals surface area contributed by atoms with E-state index < -0.39 is 10.0 Å². The van der Waals surface area contributed by atoms with E-state index in [-0.39, 0.29) is 5.78 Å². The second kappa shape index (κ2) is 10.5. The highest BCUT2D eigenvalue weighted by molar-refractivity contribution is 7.88. The van der Waals surface area contributed by atoms with Crippen molar-refractivity contribution in [1.29, 1.82) is 0 Å². The van der Waals surface area contributed by atoms with E-state index in [4.69, 9.17) is 9.47 Å². The number of piperazine rings is 1. The smallest absolute Gasteiger partial charge is 0.211 e. The van der Waals surface area contributed by atoms with Crippen molar-refractivity contribution in [3.05, 3.63) is 29.8 Å². The zero-order chi connectivity index (χ0) is 20.7. The molecule has 2 fully saturated rings. The molecule has 9 heteroatoms. The zero-order valence-corrected chi connectivity index (χ0v) is 17.9. The summed E-state index contributed by atoms with van der Waals surface area (Å²) in [6, 6.07) is 7.33. The molecule has 0 bridgehead atoms. The molecule has 0 aromatic heterocycles. The van der Waals surface area contributed by atoms with Crippen molar-refractivity contribution in [3.8, 4) is 5.75 Å². The summed E-state index contributed by atoms with van der Waals surface area (Å²) >= 11 is 0. The standard InChI is InChI=1S/C20H31N3O5S/c1-29(25,26)23-10-8-21(9-11-23)7-2-14-28-19-5-3-18(4-6-19)20(24)17-22-12-15-27-16-13-22/h3-6H,2,7-17H2,1H3. The molecular weight excluding hydrogens is 394 g/mol. The summed E-state index contributed by atoms with van der Waals surface area (Å²) < 4.78 is 35.7. The number of ether oxygens (including phenoxy) is 2. The normalized spacial score (nSPS) is 19.9. The third-order valence-electron chi connectivity index (χ3n) is 5.33. The minimum atomic E-state index is -3.08. The van der Waals surface area contributed by atoms with Crippen molar-refractivity contribution in [2.45, 2.75) is 6.42 Å². The Hall–Kier alpha value is -1.52. The molecular formula is C20H31N3O5S. The molecule has 0 atom stereocenters. The van der Waals surface area contributed by atoms with E-state index in [2.05, 4.69) is 9.80 Å². The van der Waals surface area contributed by atoms with Gasteiger partial charge < -0.3 is 14.4 Å². The maximum atomic E-state index is 12.4. The molecule has 29 heavy (non-hydrogen) atoms. The molecule has 0 aliphatic carbocycles. The molecule has 2 aliphatic heterocycles. The average molecular weight is 426 g/mol. The lowest BCUT2D eigenvalue weighted by atomic mass is 10.1. The maximum Gasteiger partial charge on any atom is 0.211 e. The van der Waals surface area contributed by atoms with Gasteiger partial charge in [-0.2, -0.15) is 4.31 Å². The molecule has 1 aromatic rings. The fourth-order valence-corrected chi connectivity index (χ4v) is 4.38. The van der Waals surface area contributed by atoms with Crippen molar-refractivity contribution in [2.75, 3.05) is 78.4 Å². The van der Waals surface area contributed by atoms with Crippen LogP contribution in [0.1, 0.15) is 16.8 Å². The Balaban J connectivity index is 1.33. The van der Waals surface area contributed by atoms with Gasteiger partial charge in [0.05, 0.1) is 32.6 Å². The molecule has 2 aliphatic rings. The molecule has 0 saturated carbocycles. The number of nitrogens with zero attached hydrogens (tertiary/aromatic N) is 3. The van der Waals surface area contributed by atoms with Gasteiger partial charge in [-0.15, -0.1) is 0 Å². The molecule has 2 saturated heterocycles. The summed E-state index contributed by atoms with van der Waals surface area (Å²) in [7, 11) is -3.08. The van der Waals surface area contributed by atoms with Crippen molar-refractivity contribution < 1.29 is 22.7 Å². The van der Waals surface area contributed by atoms with E-state index in [0.29, 0.717) is 45.0 Å². The fourth-order valence-electron chi connectivity index (χ4n) is 3.55. The van der Waals surface area contributed by atoms with Crippen molar-refractivity contribution in [1.82, 2.24) is 14.1 Å². The highest BCUT2D eigenvalue weighted by Crippen LogP contribution is 2.14. The maximum absolute atomic E-state index is 12.4. The van der Waals surface area contributed by atoms with Crippen molar-refractivity contribution in [3.63, 3.8) is 0 Å². The lowest BCUT2D eigenvalue weighted by molar-refractivity contribution is 0.0371. The number of rotatable bonds is 9. The number of hydrogen-bond acceptors (Lipinski definition) is 7. The predicted molar refractivity (Wildman–Crippen MR) is 111 cm³/mol. The summed E-state index contributed by atoms with van der Waals surface area (Å²) in [5.41, 5.74) is 0.701. The number of benzene rings is 1. The Morgan fingerprint density at radius 2 is 1.66 bits per heavy atom. The number of Topliss-reactive ketones (excluding diaryl/α,β-unsaturated/α-hetero) is 1. The SMILES string of the molecule is CS(=O)(=O)N1CCN(CCCOc2ccc(C(=O)CN3CCOCC3)cc2)CC1. The molecule has 0 N–H and O–H groups in total. The van der Waals surface area contributed by atoms with E-state index in [1.54, 1.807) is 0 Å². The fraction of sp³-hybridized carbons (Fsp3) is 0.650. The Morgan fingerprint density at radius 3 is 2.28 bits per heavy atom. The average Bonchev–Trinajstić information content (AvgIpc) is 2.72. The van der Waals surface area contributed by atoms with Gasteiger partial charge in [0.1, 0.15) is 5.75 Å². The monoisotopic (exact) mass is 425 g/mol. The van der Waals surface area contributed by atoms with E-state index in [1.165, 1.54) is 10.6 Å². The van der Waals surface area contributed by atoms with Crippen LogP contribution < -0.4 is 4.74 Å². The summed E-state index contributed by atoms with van der Waals surface area (Å²) in [5.74, 6) is 0.876. The Kier molecular flexibility index (Phi) is 8.02. The third-order valence-corrected chi connectivity index (χ3v) is 6.64. The molecule has 8 nitrogen and oxygen atoms in total. The lowest BCUT2D eigenvalue weighted by Gasteiger charge is -2.33. The highest BCUT2D eigenvalue weighted by Gasteiger charge is 2.22. The molecule has 1 aromatic carbocycles. The van der Waals surface area contributed by atoms with Gasteiger partial charge in [-0.25, -0.2) is 8.42 Å². The van der Waals surface area contributed by atoms with E-state index in [9.17, 15) is 13.2 Å². The highest BCUT2D eigenvalue weighted by atomic mass is 32.2. The summed E-state index contributed by atoms with van der Waals surface area (Å²) in [6.45, 7) is 7.50. The van der Waals surface area contributed by atoms with Crippen LogP contribution in [0.4, 0.5) is 0 Å². The third kappa shape index (κ3) is 7.04. The van der Waals surface area contributed by atoms with Gasteiger partial charge >= 0.3 is 0 Å². The molecule has 3 rings (SSSR count). The van der Waals surface area contributed by atoms with Crippen LogP contribution >= 0.6 is 0 Å². The minimum absolute atomic E-state index is 0.117. The Morgan fingerprint density at radius 1 is 1.00 bits per heavy atom. The zero-order valence-electron chi connectivity index (χ0n) is 17.1. The minimum Gasteiger partial charge on any atom is -0.494 e. The van der Waals surface area contributed by atoms with Gasteiger partial charge in [0, 0.05) is 51.4 Å². The van der Waals surface area contributed by atoms with Crippen LogP contribution in [-0.2, 0) is 14.8 Å². The molecule has 2 heterocycles. The molecule has 0 radical (unpaired) electrons. The molecule has 162 valence electrons. The molecule has 0 unspecified atom stereocenters. The van der Waals surface area contributed by atoms with Crippen LogP contribution in [0.25, 0.3) is 0 Å². The van der Waals surface area contributed by atoms with Gasteiger partial charge in [0.2, 0.25) is 10.0 Å². The number of carbonyl (C=O) groups excluding carboxylic acids is 1. The van der Waals surface area contributed by atoms with E-state index >= 15 is 0 Å². The number of carbonyl (C=O) groups is 1. The Labute approximate surface area is 173 Å². The number of ketones is 1. The summed E-state index contributed by atoms with van der Waals surface area (Å²) in [4.78, 5) is 16.8. The summed E-state index contributed by atoms with van der Waals surface area (Å²) in [6.07, 6.45) is 2.13. The largest absolute Gasteiger partial charge is 0.494 e. The second-order valence-corrected chi connectivity index (χ2v) is 9.52. The molecule has 0 amide bonds. The quantitative estimate of drug-likeness (QED) is 0.422. The lowest BCUT2D eigenvalue weighted by Crippen LogP contribution is -2.48. The first-order chi connectivity index (χ1) is 13.9. The van der Waals surface area contributed by atoms with Gasteiger partial charge in [0.15, 0.2) is 5.78 Å². The predicted octanol–water partition coefficient (Wildman–Crippen LogP) is 0.548. The number of morpholine rings is 1. The first-order valence-electron chi connectivity index (χ1n) is 10.2. The van der Waals surface area contributed by atoms with Gasteiger partial charge in [-0.3, -0.25) is 9.69 Å².